The Morgan fingerprint density at radius 3 is 2.15 bits per heavy atom. The van der Waals surface area contributed by atoms with Crippen molar-refractivity contribution < 1.29 is 9.90 Å². The predicted octanol–water partition coefficient (Wildman–Crippen LogP) is 4.56. The van der Waals surface area contributed by atoms with Gasteiger partial charge in [0.05, 0.1) is 5.56 Å². The molecule has 0 aromatic heterocycles. The van der Waals surface area contributed by atoms with Crippen molar-refractivity contribution in [3.63, 3.8) is 0 Å². The van der Waals surface area contributed by atoms with Crippen molar-refractivity contribution in [2.24, 2.45) is 5.92 Å². The summed E-state index contributed by atoms with van der Waals surface area (Å²) in [4.78, 5) is 11.0. The SMILES string of the molecule is Cc1cc(-c2ccc(CC(C)C)cc2)ccc1C(=O)O. The quantitative estimate of drug-likeness (QED) is 0.882. The van der Waals surface area contributed by atoms with Gasteiger partial charge in [-0.05, 0) is 47.6 Å². The second-order valence-corrected chi connectivity index (χ2v) is 5.63. The zero-order valence-corrected chi connectivity index (χ0v) is 12.2. The second-order valence-electron chi connectivity index (χ2n) is 5.63. The molecule has 0 atom stereocenters. The molecular weight excluding hydrogens is 248 g/mol. The lowest BCUT2D eigenvalue weighted by atomic mass is 9.97. The van der Waals surface area contributed by atoms with Crippen molar-refractivity contribution in [3.8, 4) is 11.1 Å². The Bertz CT molecular complexity index is 610. The van der Waals surface area contributed by atoms with Crippen LogP contribution in [0.3, 0.4) is 0 Å². The Hall–Kier alpha value is -2.09. The summed E-state index contributed by atoms with van der Waals surface area (Å²) in [5.41, 5.74) is 4.68. The van der Waals surface area contributed by atoms with Gasteiger partial charge in [0.25, 0.3) is 0 Å². The largest absolute Gasteiger partial charge is 0.478 e. The van der Waals surface area contributed by atoms with Crippen LogP contribution in [0, 0.1) is 12.8 Å². The Labute approximate surface area is 120 Å². The maximum absolute atomic E-state index is 11.0. The van der Waals surface area contributed by atoms with Gasteiger partial charge in [-0.1, -0.05) is 50.2 Å². The highest BCUT2D eigenvalue weighted by Crippen LogP contribution is 2.23. The van der Waals surface area contributed by atoms with Gasteiger partial charge in [0.15, 0.2) is 0 Å². The van der Waals surface area contributed by atoms with Crippen LogP contribution in [0.5, 0.6) is 0 Å². The van der Waals surface area contributed by atoms with Crippen LogP contribution in [-0.2, 0) is 6.42 Å². The molecule has 0 spiro atoms. The molecule has 0 saturated carbocycles. The number of carboxylic acid groups (broad SMARTS) is 1. The number of aryl methyl sites for hydroxylation is 1. The molecule has 0 heterocycles. The summed E-state index contributed by atoms with van der Waals surface area (Å²) in [5, 5.41) is 9.05. The van der Waals surface area contributed by atoms with Crippen LogP contribution < -0.4 is 0 Å². The van der Waals surface area contributed by atoms with Gasteiger partial charge < -0.3 is 5.11 Å². The fourth-order valence-electron chi connectivity index (χ4n) is 2.39. The van der Waals surface area contributed by atoms with Gasteiger partial charge >= 0.3 is 5.97 Å². The fraction of sp³-hybridized carbons (Fsp3) is 0.278. The molecule has 2 heteroatoms. The van der Waals surface area contributed by atoms with Crippen molar-refractivity contribution in [1.82, 2.24) is 0 Å². The van der Waals surface area contributed by atoms with Crippen LogP contribution in [0.1, 0.15) is 35.3 Å². The number of aromatic carboxylic acids is 1. The number of carbonyl (C=O) groups is 1. The number of hydrogen-bond acceptors (Lipinski definition) is 1. The van der Waals surface area contributed by atoms with Crippen molar-refractivity contribution in [2.45, 2.75) is 27.2 Å². The fourth-order valence-corrected chi connectivity index (χ4v) is 2.39. The first-order chi connectivity index (χ1) is 9.47. The zero-order valence-electron chi connectivity index (χ0n) is 12.2. The van der Waals surface area contributed by atoms with E-state index in [1.807, 2.05) is 19.1 Å². The van der Waals surface area contributed by atoms with E-state index in [0.29, 0.717) is 11.5 Å². The lowest BCUT2D eigenvalue weighted by Crippen LogP contribution is -1.99. The monoisotopic (exact) mass is 268 g/mol. The molecule has 0 aliphatic carbocycles. The van der Waals surface area contributed by atoms with Crippen molar-refractivity contribution >= 4 is 5.97 Å². The smallest absolute Gasteiger partial charge is 0.335 e. The molecule has 20 heavy (non-hydrogen) atoms. The Morgan fingerprint density at radius 2 is 1.65 bits per heavy atom. The zero-order chi connectivity index (χ0) is 14.7. The summed E-state index contributed by atoms with van der Waals surface area (Å²) >= 11 is 0. The van der Waals surface area contributed by atoms with Crippen molar-refractivity contribution in [3.05, 3.63) is 59.2 Å². The molecule has 0 aliphatic heterocycles. The van der Waals surface area contributed by atoms with E-state index in [2.05, 4.69) is 38.1 Å². The molecule has 2 aromatic rings. The molecule has 104 valence electrons. The van der Waals surface area contributed by atoms with Gasteiger partial charge in [0, 0.05) is 0 Å². The summed E-state index contributed by atoms with van der Waals surface area (Å²) in [7, 11) is 0. The third kappa shape index (κ3) is 3.27. The Balaban J connectivity index is 2.28. The molecule has 0 fully saturated rings. The van der Waals surface area contributed by atoms with Crippen LogP contribution in [0.4, 0.5) is 0 Å². The maximum Gasteiger partial charge on any atom is 0.335 e. The number of carboxylic acids is 1. The minimum absolute atomic E-state index is 0.366. The molecule has 0 amide bonds. The van der Waals surface area contributed by atoms with Crippen molar-refractivity contribution in [1.29, 1.82) is 0 Å². The summed E-state index contributed by atoms with van der Waals surface area (Å²) in [6.45, 7) is 6.25. The molecule has 2 rings (SSSR count). The lowest BCUT2D eigenvalue weighted by molar-refractivity contribution is 0.0696. The van der Waals surface area contributed by atoms with Crippen molar-refractivity contribution in [2.75, 3.05) is 0 Å². The molecule has 0 radical (unpaired) electrons. The highest BCUT2D eigenvalue weighted by molar-refractivity contribution is 5.90. The normalized spacial score (nSPS) is 10.8. The first kappa shape index (κ1) is 14.3. The standard InChI is InChI=1S/C18H20O2/c1-12(2)10-14-4-6-15(7-5-14)16-8-9-17(18(19)20)13(3)11-16/h4-9,11-12H,10H2,1-3H3,(H,19,20). The van der Waals surface area contributed by atoms with E-state index in [1.165, 1.54) is 5.56 Å². The van der Waals surface area contributed by atoms with E-state index in [4.69, 9.17) is 5.11 Å². The Kier molecular flexibility index (Phi) is 4.23. The number of rotatable bonds is 4. The second kappa shape index (κ2) is 5.91. The molecule has 0 bridgehead atoms. The number of benzene rings is 2. The van der Waals surface area contributed by atoms with E-state index in [-0.39, 0.29) is 0 Å². The van der Waals surface area contributed by atoms with Crippen LogP contribution in [0.2, 0.25) is 0 Å². The molecular formula is C18H20O2. The van der Waals surface area contributed by atoms with E-state index in [9.17, 15) is 4.79 Å². The predicted molar refractivity (Wildman–Crippen MR) is 82.1 cm³/mol. The van der Waals surface area contributed by atoms with E-state index < -0.39 is 5.97 Å². The van der Waals surface area contributed by atoms with E-state index in [1.54, 1.807) is 6.07 Å². The summed E-state index contributed by atoms with van der Waals surface area (Å²) in [6, 6.07) is 14.0. The van der Waals surface area contributed by atoms with Crippen LogP contribution in [0.25, 0.3) is 11.1 Å². The molecule has 1 N–H and O–H groups in total. The molecule has 0 unspecified atom stereocenters. The van der Waals surface area contributed by atoms with Crippen LogP contribution >= 0.6 is 0 Å². The van der Waals surface area contributed by atoms with E-state index >= 15 is 0 Å². The minimum atomic E-state index is -0.874. The minimum Gasteiger partial charge on any atom is -0.478 e. The summed E-state index contributed by atoms with van der Waals surface area (Å²) < 4.78 is 0. The topological polar surface area (TPSA) is 37.3 Å². The first-order valence-electron chi connectivity index (χ1n) is 6.90. The maximum atomic E-state index is 11.0. The lowest BCUT2D eigenvalue weighted by Gasteiger charge is -2.08. The van der Waals surface area contributed by atoms with Gasteiger partial charge in [0.2, 0.25) is 0 Å². The van der Waals surface area contributed by atoms with Gasteiger partial charge in [-0.2, -0.15) is 0 Å². The number of hydrogen-bond donors (Lipinski definition) is 1. The summed E-state index contributed by atoms with van der Waals surface area (Å²) in [6.07, 6.45) is 1.08. The first-order valence-corrected chi connectivity index (χ1v) is 6.90. The molecule has 0 saturated heterocycles. The third-order valence-electron chi connectivity index (χ3n) is 3.39. The van der Waals surface area contributed by atoms with Gasteiger partial charge in [-0.25, -0.2) is 4.79 Å². The average Bonchev–Trinajstić information content (AvgIpc) is 2.38. The highest BCUT2D eigenvalue weighted by Gasteiger charge is 2.08. The Morgan fingerprint density at radius 1 is 1.05 bits per heavy atom. The molecule has 2 nitrogen and oxygen atoms in total. The average molecular weight is 268 g/mol. The third-order valence-corrected chi connectivity index (χ3v) is 3.39. The summed E-state index contributed by atoms with van der Waals surface area (Å²) in [5.74, 6) is -0.223. The van der Waals surface area contributed by atoms with Crippen LogP contribution in [-0.4, -0.2) is 11.1 Å². The van der Waals surface area contributed by atoms with Crippen LogP contribution in [0.15, 0.2) is 42.5 Å². The molecule has 2 aromatic carbocycles. The van der Waals surface area contributed by atoms with Gasteiger partial charge in [-0.3, -0.25) is 0 Å². The van der Waals surface area contributed by atoms with Gasteiger partial charge in [0.1, 0.15) is 0 Å². The molecule has 0 aliphatic rings. The van der Waals surface area contributed by atoms with Gasteiger partial charge in [-0.15, -0.1) is 0 Å². The highest BCUT2D eigenvalue weighted by atomic mass is 16.4. The van der Waals surface area contributed by atoms with E-state index in [0.717, 1.165) is 23.1 Å².